The lowest BCUT2D eigenvalue weighted by molar-refractivity contribution is 0.100. The number of carbonyl (C=O) groups excluding carboxylic acids is 1. The van der Waals surface area contributed by atoms with Gasteiger partial charge in [-0.1, -0.05) is 23.8 Å². The molecule has 0 amide bonds. The number of carbonyl (C=O) groups is 1. The molecule has 0 bridgehead atoms. The minimum atomic E-state index is -0.237. The molecule has 0 radical (unpaired) electrons. The molecule has 0 fully saturated rings. The number of aromatic nitrogens is 2. The second-order valence-corrected chi connectivity index (χ2v) is 3.32. The van der Waals surface area contributed by atoms with Gasteiger partial charge in [-0.3, -0.25) is 4.79 Å². The summed E-state index contributed by atoms with van der Waals surface area (Å²) in [4.78, 5) is 11.8. The van der Waals surface area contributed by atoms with Gasteiger partial charge in [0.15, 0.2) is 0 Å². The second kappa shape index (κ2) is 3.65. The van der Waals surface area contributed by atoms with Gasteiger partial charge in [-0.2, -0.15) is 0 Å². The average molecular weight is 202 g/mol. The monoisotopic (exact) mass is 202 g/mol. The van der Waals surface area contributed by atoms with Crippen molar-refractivity contribution >= 4 is 5.78 Å². The molecule has 4 heteroatoms. The van der Waals surface area contributed by atoms with Gasteiger partial charge in [-0.15, -0.1) is 10.2 Å². The molecule has 2 rings (SSSR count). The minimum Gasteiger partial charge on any atom is -0.418 e. The maximum atomic E-state index is 11.8. The van der Waals surface area contributed by atoms with Crippen molar-refractivity contribution in [2.24, 2.45) is 0 Å². The Morgan fingerprint density at radius 3 is 2.67 bits per heavy atom. The Bertz CT molecular complexity index is 503. The van der Waals surface area contributed by atoms with E-state index in [4.69, 9.17) is 4.42 Å². The lowest BCUT2D eigenvalue weighted by Crippen LogP contribution is -2.01. The van der Waals surface area contributed by atoms with E-state index in [9.17, 15) is 4.79 Å². The van der Waals surface area contributed by atoms with Gasteiger partial charge in [0, 0.05) is 12.5 Å². The number of hydrogen-bond donors (Lipinski definition) is 0. The first-order valence-corrected chi connectivity index (χ1v) is 4.58. The summed E-state index contributed by atoms with van der Waals surface area (Å²) in [6.07, 6.45) is 0. The summed E-state index contributed by atoms with van der Waals surface area (Å²) in [6, 6.07) is 7.28. The van der Waals surface area contributed by atoms with Crippen LogP contribution in [0.2, 0.25) is 0 Å². The van der Waals surface area contributed by atoms with Crippen molar-refractivity contribution in [3.05, 3.63) is 47.2 Å². The number of nitrogens with zero attached hydrogens (tertiary/aromatic N) is 2. The molecule has 0 aliphatic rings. The van der Waals surface area contributed by atoms with Gasteiger partial charge < -0.3 is 4.42 Å². The molecule has 4 nitrogen and oxygen atoms in total. The van der Waals surface area contributed by atoms with Crippen LogP contribution in [0.4, 0.5) is 0 Å². The molecular weight excluding hydrogens is 192 g/mol. The summed E-state index contributed by atoms with van der Waals surface area (Å²) in [5.74, 6) is 0.198. The van der Waals surface area contributed by atoms with E-state index in [1.165, 1.54) is 0 Å². The van der Waals surface area contributed by atoms with Crippen molar-refractivity contribution in [2.75, 3.05) is 0 Å². The van der Waals surface area contributed by atoms with E-state index in [1.807, 2.05) is 19.1 Å². The Morgan fingerprint density at radius 1 is 1.27 bits per heavy atom. The molecule has 15 heavy (non-hydrogen) atoms. The highest BCUT2D eigenvalue weighted by atomic mass is 16.4. The number of rotatable bonds is 2. The van der Waals surface area contributed by atoms with Crippen LogP contribution in [0.15, 0.2) is 28.7 Å². The first-order valence-electron chi connectivity index (χ1n) is 4.58. The van der Waals surface area contributed by atoms with E-state index in [0.717, 1.165) is 5.56 Å². The maximum absolute atomic E-state index is 11.8. The van der Waals surface area contributed by atoms with Gasteiger partial charge in [-0.25, -0.2) is 0 Å². The van der Waals surface area contributed by atoms with Crippen LogP contribution in [0, 0.1) is 13.8 Å². The molecule has 0 aliphatic heterocycles. The quantitative estimate of drug-likeness (QED) is 0.698. The van der Waals surface area contributed by atoms with E-state index >= 15 is 0 Å². The fourth-order valence-electron chi connectivity index (χ4n) is 1.30. The molecule has 0 unspecified atom stereocenters. The van der Waals surface area contributed by atoms with Crippen LogP contribution in [0.25, 0.3) is 0 Å². The van der Waals surface area contributed by atoms with Gasteiger partial charge in [0.1, 0.15) is 0 Å². The van der Waals surface area contributed by atoms with E-state index in [-0.39, 0.29) is 11.7 Å². The number of aryl methyl sites for hydroxylation is 2. The molecule has 1 heterocycles. The Morgan fingerprint density at radius 2 is 2.07 bits per heavy atom. The highest BCUT2D eigenvalue weighted by Crippen LogP contribution is 2.10. The third-order valence-electron chi connectivity index (χ3n) is 2.00. The molecule has 76 valence electrons. The predicted octanol–water partition coefficient (Wildman–Crippen LogP) is 1.92. The van der Waals surface area contributed by atoms with Crippen molar-refractivity contribution in [3.63, 3.8) is 0 Å². The minimum absolute atomic E-state index is 0.0399. The fraction of sp³-hybridized carbons (Fsp3) is 0.182. The van der Waals surface area contributed by atoms with Crippen LogP contribution in [-0.2, 0) is 0 Å². The first-order chi connectivity index (χ1) is 7.16. The van der Waals surface area contributed by atoms with E-state index in [0.29, 0.717) is 11.5 Å². The van der Waals surface area contributed by atoms with Gasteiger partial charge in [0.2, 0.25) is 11.7 Å². The largest absolute Gasteiger partial charge is 0.418 e. The van der Waals surface area contributed by atoms with Crippen molar-refractivity contribution in [2.45, 2.75) is 13.8 Å². The highest BCUT2D eigenvalue weighted by Gasteiger charge is 2.15. The molecular formula is C11H10N2O2. The average Bonchev–Trinajstić information content (AvgIpc) is 2.64. The van der Waals surface area contributed by atoms with E-state index in [2.05, 4.69) is 10.2 Å². The van der Waals surface area contributed by atoms with Gasteiger partial charge >= 0.3 is 0 Å². The molecule has 0 saturated heterocycles. The van der Waals surface area contributed by atoms with Gasteiger partial charge in [0.05, 0.1) is 0 Å². The molecule has 2 aromatic rings. The lowest BCUT2D eigenvalue weighted by atomic mass is 10.1. The Balaban J connectivity index is 2.36. The predicted molar refractivity (Wildman–Crippen MR) is 53.6 cm³/mol. The molecule has 0 spiro atoms. The van der Waals surface area contributed by atoms with Crippen LogP contribution < -0.4 is 0 Å². The maximum Gasteiger partial charge on any atom is 0.289 e. The summed E-state index contributed by atoms with van der Waals surface area (Å²) in [6.45, 7) is 3.58. The fourth-order valence-corrected chi connectivity index (χ4v) is 1.30. The topological polar surface area (TPSA) is 56.0 Å². The molecule has 0 atom stereocenters. The lowest BCUT2D eigenvalue weighted by Gasteiger charge is -1.97. The zero-order valence-corrected chi connectivity index (χ0v) is 8.52. The van der Waals surface area contributed by atoms with Crippen LogP contribution >= 0.6 is 0 Å². The standard InChI is InChI=1S/C11H10N2O2/c1-7-4-3-5-9(6-7)10(14)11-13-12-8(2)15-11/h3-6H,1-2H3. The molecule has 1 aromatic carbocycles. The first kappa shape index (κ1) is 9.58. The number of ketones is 1. The van der Waals surface area contributed by atoms with Crippen molar-refractivity contribution < 1.29 is 9.21 Å². The smallest absolute Gasteiger partial charge is 0.289 e. The zero-order chi connectivity index (χ0) is 10.8. The third kappa shape index (κ3) is 1.93. The summed E-state index contributed by atoms with van der Waals surface area (Å²) < 4.78 is 5.07. The summed E-state index contributed by atoms with van der Waals surface area (Å²) >= 11 is 0. The van der Waals surface area contributed by atoms with Gasteiger partial charge in [0.25, 0.3) is 5.89 Å². The SMILES string of the molecule is Cc1cccc(C(=O)c2nnc(C)o2)c1. The summed E-state index contributed by atoms with van der Waals surface area (Å²) in [7, 11) is 0. The van der Waals surface area contributed by atoms with Crippen molar-refractivity contribution in [3.8, 4) is 0 Å². The van der Waals surface area contributed by atoms with Crippen molar-refractivity contribution in [1.82, 2.24) is 10.2 Å². The molecule has 0 aliphatic carbocycles. The van der Waals surface area contributed by atoms with Crippen LogP contribution in [0.5, 0.6) is 0 Å². The third-order valence-corrected chi connectivity index (χ3v) is 2.00. The molecule has 0 N–H and O–H groups in total. The Hall–Kier alpha value is -1.97. The van der Waals surface area contributed by atoms with Crippen molar-refractivity contribution in [1.29, 1.82) is 0 Å². The number of benzene rings is 1. The van der Waals surface area contributed by atoms with Crippen LogP contribution in [0.1, 0.15) is 27.7 Å². The van der Waals surface area contributed by atoms with Crippen LogP contribution in [-0.4, -0.2) is 16.0 Å². The van der Waals surface area contributed by atoms with Crippen LogP contribution in [0.3, 0.4) is 0 Å². The summed E-state index contributed by atoms with van der Waals surface area (Å²) in [5.41, 5.74) is 1.59. The highest BCUT2D eigenvalue weighted by molar-refractivity contribution is 6.05. The zero-order valence-electron chi connectivity index (χ0n) is 8.52. The second-order valence-electron chi connectivity index (χ2n) is 3.32. The van der Waals surface area contributed by atoms with E-state index in [1.54, 1.807) is 19.1 Å². The normalized spacial score (nSPS) is 10.3. The summed E-state index contributed by atoms with van der Waals surface area (Å²) in [5, 5.41) is 7.30. The van der Waals surface area contributed by atoms with E-state index < -0.39 is 0 Å². The molecule has 0 saturated carbocycles. The molecule has 1 aromatic heterocycles. The Kier molecular flexibility index (Phi) is 2.33. The Labute approximate surface area is 86.9 Å². The number of hydrogen-bond acceptors (Lipinski definition) is 4. The van der Waals surface area contributed by atoms with Gasteiger partial charge in [-0.05, 0) is 13.0 Å².